The summed E-state index contributed by atoms with van der Waals surface area (Å²) >= 11 is 0. The van der Waals surface area contributed by atoms with Gasteiger partial charge in [-0.3, -0.25) is 4.98 Å². The summed E-state index contributed by atoms with van der Waals surface area (Å²) in [6, 6.07) is 3.86. The first-order chi connectivity index (χ1) is 7.78. The Morgan fingerprint density at radius 1 is 1.35 bits per heavy atom. The van der Waals surface area contributed by atoms with Crippen molar-refractivity contribution in [2.24, 2.45) is 5.92 Å². The van der Waals surface area contributed by atoms with Gasteiger partial charge in [0.15, 0.2) is 0 Å². The van der Waals surface area contributed by atoms with Crippen LogP contribution in [0, 0.1) is 5.92 Å². The van der Waals surface area contributed by atoms with Gasteiger partial charge < -0.3 is 10.4 Å². The highest BCUT2D eigenvalue weighted by atomic mass is 16.3. The summed E-state index contributed by atoms with van der Waals surface area (Å²) < 4.78 is 0. The number of nitrogens with one attached hydrogen (secondary N) is 1. The molecule has 0 saturated heterocycles. The molecule has 2 N–H and O–H groups in total. The molecule has 96 valence electrons. The predicted octanol–water partition coefficient (Wildman–Crippen LogP) is 3.37. The quantitative estimate of drug-likeness (QED) is 0.842. The molecule has 0 aliphatic carbocycles. The van der Waals surface area contributed by atoms with Gasteiger partial charge in [-0.05, 0) is 45.2 Å². The van der Waals surface area contributed by atoms with E-state index in [4.69, 9.17) is 0 Å². The zero-order chi connectivity index (χ0) is 13.1. The molecule has 1 rings (SSSR count). The number of nitrogens with zero attached hydrogens (tertiary/aromatic N) is 1. The van der Waals surface area contributed by atoms with Crippen molar-refractivity contribution in [1.82, 2.24) is 4.98 Å². The molecule has 1 aromatic heterocycles. The summed E-state index contributed by atoms with van der Waals surface area (Å²) in [5.41, 5.74) is 1.76. The molecule has 0 amide bonds. The van der Waals surface area contributed by atoms with Gasteiger partial charge in [-0.15, -0.1) is 0 Å². The van der Waals surface area contributed by atoms with Crippen LogP contribution in [0.3, 0.4) is 0 Å². The standard InChI is InChI=1S/C14H24N2O/c1-10(2)8-13(17)12-9-11(6-7-15-12)16-14(3,4)5/h6-7,9-10,13,17H,8H2,1-5H3,(H,15,16). The summed E-state index contributed by atoms with van der Waals surface area (Å²) in [5, 5.41) is 13.4. The van der Waals surface area contributed by atoms with E-state index < -0.39 is 6.10 Å². The lowest BCUT2D eigenvalue weighted by atomic mass is 10.0. The van der Waals surface area contributed by atoms with Crippen LogP contribution in [0.4, 0.5) is 5.69 Å². The highest BCUT2D eigenvalue weighted by Gasteiger charge is 2.14. The third kappa shape index (κ3) is 5.18. The molecule has 0 fully saturated rings. The number of hydrogen-bond acceptors (Lipinski definition) is 3. The molecule has 1 aromatic rings. The Balaban J connectivity index is 2.78. The van der Waals surface area contributed by atoms with Crippen LogP contribution in [-0.2, 0) is 0 Å². The van der Waals surface area contributed by atoms with Crippen LogP contribution in [0.15, 0.2) is 18.3 Å². The van der Waals surface area contributed by atoms with Gasteiger partial charge in [-0.2, -0.15) is 0 Å². The highest BCUT2D eigenvalue weighted by molar-refractivity contribution is 5.45. The fourth-order valence-electron chi connectivity index (χ4n) is 1.71. The average Bonchev–Trinajstić information content (AvgIpc) is 2.14. The first-order valence-electron chi connectivity index (χ1n) is 6.20. The van der Waals surface area contributed by atoms with E-state index in [9.17, 15) is 5.11 Å². The van der Waals surface area contributed by atoms with Gasteiger partial charge in [0, 0.05) is 17.4 Å². The summed E-state index contributed by atoms with van der Waals surface area (Å²) in [5.74, 6) is 0.464. The number of aliphatic hydroxyl groups excluding tert-OH is 1. The van der Waals surface area contributed by atoms with Crippen LogP contribution in [0.2, 0.25) is 0 Å². The second-order valence-corrected chi connectivity index (χ2v) is 5.99. The average molecular weight is 236 g/mol. The molecule has 0 radical (unpaired) electrons. The molecule has 1 unspecified atom stereocenters. The third-order valence-electron chi connectivity index (χ3n) is 2.34. The maximum absolute atomic E-state index is 10.0. The molecule has 3 nitrogen and oxygen atoms in total. The number of rotatable bonds is 4. The number of pyridine rings is 1. The summed E-state index contributed by atoms with van der Waals surface area (Å²) in [6.45, 7) is 10.5. The van der Waals surface area contributed by atoms with Crippen LogP contribution < -0.4 is 5.32 Å². The van der Waals surface area contributed by atoms with Gasteiger partial charge in [0.05, 0.1) is 11.8 Å². The Hall–Kier alpha value is -1.09. The van der Waals surface area contributed by atoms with Gasteiger partial charge >= 0.3 is 0 Å². The van der Waals surface area contributed by atoms with E-state index in [1.165, 1.54) is 0 Å². The smallest absolute Gasteiger partial charge is 0.0963 e. The van der Waals surface area contributed by atoms with Gasteiger partial charge in [0.1, 0.15) is 0 Å². The van der Waals surface area contributed by atoms with Gasteiger partial charge in [0.25, 0.3) is 0 Å². The van der Waals surface area contributed by atoms with E-state index in [0.29, 0.717) is 5.92 Å². The Bertz CT molecular complexity index is 355. The Labute approximate surface area is 104 Å². The van der Waals surface area contributed by atoms with E-state index in [-0.39, 0.29) is 5.54 Å². The highest BCUT2D eigenvalue weighted by Crippen LogP contribution is 2.22. The molecular weight excluding hydrogens is 212 g/mol. The monoisotopic (exact) mass is 236 g/mol. The molecule has 0 aliphatic heterocycles. The lowest BCUT2D eigenvalue weighted by molar-refractivity contribution is 0.146. The number of hydrogen-bond donors (Lipinski definition) is 2. The summed E-state index contributed by atoms with van der Waals surface area (Å²) in [4.78, 5) is 4.23. The number of aromatic nitrogens is 1. The van der Waals surface area contributed by atoms with Crippen molar-refractivity contribution in [3.63, 3.8) is 0 Å². The van der Waals surface area contributed by atoms with Crippen LogP contribution >= 0.6 is 0 Å². The van der Waals surface area contributed by atoms with Gasteiger partial charge in [0.2, 0.25) is 0 Å². The van der Waals surface area contributed by atoms with Crippen molar-refractivity contribution >= 4 is 5.69 Å². The molecule has 3 heteroatoms. The van der Waals surface area contributed by atoms with Crippen LogP contribution in [0.5, 0.6) is 0 Å². The Kier molecular flexibility index (Phi) is 4.52. The molecule has 0 bridgehead atoms. The number of aliphatic hydroxyl groups is 1. The zero-order valence-electron chi connectivity index (χ0n) is 11.5. The van der Waals surface area contributed by atoms with Crippen LogP contribution in [0.25, 0.3) is 0 Å². The maximum atomic E-state index is 10.0. The van der Waals surface area contributed by atoms with E-state index in [1.807, 2.05) is 12.1 Å². The molecule has 0 spiro atoms. The lowest BCUT2D eigenvalue weighted by Gasteiger charge is -2.23. The molecule has 17 heavy (non-hydrogen) atoms. The Morgan fingerprint density at radius 3 is 2.53 bits per heavy atom. The van der Waals surface area contributed by atoms with Crippen molar-refractivity contribution in [3.05, 3.63) is 24.0 Å². The van der Waals surface area contributed by atoms with Crippen molar-refractivity contribution in [2.45, 2.75) is 52.7 Å². The fourth-order valence-corrected chi connectivity index (χ4v) is 1.71. The van der Waals surface area contributed by atoms with E-state index >= 15 is 0 Å². The number of anilines is 1. The van der Waals surface area contributed by atoms with Gasteiger partial charge in [-0.1, -0.05) is 13.8 Å². The van der Waals surface area contributed by atoms with E-state index in [0.717, 1.165) is 17.8 Å². The minimum atomic E-state index is -0.475. The Morgan fingerprint density at radius 2 is 2.00 bits per heavy atom. The molecule has 0 aliphatic rings. The second kappa shape index (κ2) is 5.50. The molecule has 0 saturated carbocycles. The SMILES string of the molecule is CC(C)CC(O)c1cc(NC(C)(C)C)ccn1. The predicted molar refractivity (Wildman–Crippen MR) is 72.0 cm³/mol. The van der Waals surface area contributed by atoms with Gasteiger partial charge in [-0.25, -0.2) is 0 Å². The molecule has 1 heterocycles. The first-order valence-corrected chi connectivity index (χ1v) is 6.20. The summed E-state index contributed by atoms with van der Waals surface area (Å²) in [7, 11) is 0. The largest absolute Gasteiger partial charge is 0.387 e. The van der Waals surface area contributed by atoms with Crippen LogP contribution in [-0.4, -0.2) is 15.6 Å². The maximum Gasteiger partial charge on any atom is 0.0963 e. The zero-order valence-corrected chi connectivity index (χ0v) is 11.5. The van der Waals surface area contributed by atoms with Crippen LogP contribution in [0.1, 0.15) is 52.8 Å². The van der Waals surface area contributed by atoms with Crippen molar-refractivity contribution in [1.29, 1.82) is 0 Å². The molecule has 0 aromatic carbocycles. The topological polar surface area (TPSA) is 45.1 Å². The fraction of sp³-hybridized carbons (Fsp3) is 0.643. The third-order valence-corrected chi connectivity index (χ3v) is 2.34. The van der Waals surface area contributed by atoms with E-state index in [1.54, 1.807) is 6.20 Å². The minimum Gasteiger partial charge on any atom is -0.387 e. The van der Waals surface area contributed by atoms with Crippen molar-refractivity contribution in [2.75, 3.05) is 5.32 Å². The van der Waals surface area contributed by atoms with E-state index in [2.05, 4.69) is 44.9 Å². The first kappa shape index (κ1) is 14.0. The molecule has 1 atom stereocenters. The second-order valence-electron chi connectivity index (χ2n) is 5.99. The normalized spacial score (nSPS) is 13.8. The molecular formula is C14H24N2O. The van der Waals surface area contributed by atoms with Crippen molar-refractivity contribution < 1.29 is 5.11 Å². The lowest BCUT2D eigenvalue weighted by Crippen LogP contribution is -2.26. The van der Waals surface area contributed by atoms with Crippen molar-refractivity contribution in [3.8, 4) is 0 Å². The summed E-state index contributed by atoms with van der Waals surface area (Å²) in [6.07, 6.45) is 2.01. The minimum absolute atomic E-state index is 0.0155.